The van der Waals surface area contributed by atoms with Gasteiger partial charge in [-0.3, -0.25) is 4.79 Å². The zero-order valence-electron chi connectivity index (χ0n) is 14.5. The zero-order chi connectivity index (χ0) is 17.0. The molecule has 0 aromatic rings. The fourth-order valence-electron chi connectivity index (χ4n) is 3.35. The Morgan fingerprint density at radius 2 is 1.96 bits per heavy atom. The number of aliphatic carboxylic acids is 1. The molecule has 2 rings (SSSR count). The summed E-state index contributed by atoms with van der Waals surface area (Å²) in [5.74, 6) is -1.06. The molecule has 23 heavy (non-hydrogen) atoms. The molecule has 2 N–H and O–H groups in total. The first kappa shape index (κ1) is 18.0. The van der Waals surface area contributed by atoms with Crippen LogP contribution in [0.1, 0.15) is 52.9 Å². The number of carbonyl (C=O) groups excluding carboxylic acids is 1. The van der Waals surface area contributed by atoms with Gasteiger partial charge in [0.25, 0.3) is 0 Å². The third-order valence-electron chi connectivity index (χ3n) is 5.42. The third kappa shape index (κ3) is 4.16. The first-order valence-electron chi connectivity index (χ1n) is 8.76. The molecule has 0 aromatic heterocycles. The van der Waals surface area contributed by atoms with E-state index in [0.717, 1.165) is 25.9 Å². The van der Waals surface area contributed by atoms with Crippen LogP contribution in [0.4, 0.5) is 4.79 Å². The minimum atomic E-state index is -0.753. The Bertz CT molecular complexity index is 430. The number of likely N-dealkylation sites (tertiary alicyclic amines) is 1. The third-order valence-corrected chi connectivity index (χ3v) is 5.42. The number of unbranched alkanes of at least 4 members (excludes halogenated alkanes) is 1. The van der Waals surface area contributed by atoms with Gasteiger partial charge in [0.2, 0.25) is 0 Å². The molecule has 6 nitrogen and oxygen atoms in total. The van der Waals surface area contributed by atoms with E-state index in [1.54, 1.807) is 4.90 Å². The maximum Gasteiger partial charge on any atom is 0.317 e. The second kappa shape index (κ2) is 7.51. The van der Waals surface area contributed by atoms with E-state index >= 15 is 0 Å². The number of amides is 2. The van der Waals surface area contributed by atoms with Crippen molar-refractivity contribution in [3.8, 4) is 0 Å². The molecule has 132 valence electrons. The number of carboxylic acid groups (broad SMARTS) is 1. The second-order valence-corrected chi connectivity index (χ2v) is 7.37. The van der Waals surface area contributed by atoms with E-state index < -0.39 is 5.97 Å². The van der Waals surface area contributed by atoms with E-state index in [1.807, 2.05) is 0 Å². The molecule has 2 atom stereocenters. The lowest BCUT2D eigenvalue weighted by atomic mass is 9.64. The van der Waals surface area contributed by atoms with Crippen LogP contribution in [0, 0.1) is 11.3 Å². The Labute approximate surface area is 138 Å². The largest absolute Gasteiger partial charge is 0.481 e. The summed E-state index contributed by atoms with van der Waals surface area (Å²) in [6.45, 7) is 8.24. The van der Waals surface area contributed by atoms with E-state index in [4.69, 9.17) is 9.84 Å². The van der Waals surface area contributed by atoms with Gasteiger partial charge in [-0.2, -0.15) is 0 Å². The molecule has 1 saturated heterocycles. The summed E-state index contributed by atoms with van der Waals surface area (Å²) in [6.07, 6.45) is 4.34. The SMILES string of the molecule is CCCCOC1CC(NC(=O)N2CCC(C(=O)O)CC2)C1(C)C. The molecule has 0 bridgehead atoms. The van der Waals surface area contributed by atoms with E-state index in [2.05, 4.69) is 26.1 Å². The van der Waals surface area contributed by atoms with Crippen LogP contribution in [0.2, 0.25) is 0 Å². The van der Waals surface area contributed by atoms with Gasteiger partial charge in [-0.1, -0.05) is 27.2 Å². The van der Waals surface area contributed by atoms with Crippen molar-refractivity contribution in [1.29, 1.82) is 0 Å². The maximum absolute atomic E-state index is 12.4. The van der Waals surface area contributed by atoms with Gasteiger partial charge in [-0.15, -0.1) is 0 Å². The van der Waals surface area contributed by atoms with Gasteiger partial charge in [0.05, 0.1) is 12.0 Å². The molecule has 2 aliphatic rings. The highest BCUT2D eigenvalue weighted by Gasteiger charge is 2.50. The first-order valence-corrected chi connectivity index (χ1v) is 8.76. The average molecular weight is 326 g/mol. The normalized spacial score (nSPS) is 27.3. The van der Waals surface area contributed by atoms with Crippen molar-refractivity contribution in [3.05, 3.63) is 0 Å². The molecule has 1 aliphatic carbocycles. The molecule has 2 fully saturated rings. The highest BCUT2D eigenvalue weighted by molar-refractivity contribution is 5.76. The van der Waals surface area contributed by atoms with E-state index in [9.17, 15) is 9.59 Å². The summed E-state index contributed by atoms with van der Waals surface area (Å²) in [5.41, 5.74) is -0.0528. The van der Waals surface area contributed by atoms with Gasteiger partial charge in [0, 0.05) is 31.2 Å². The van der Waals surface area contributed by atoms with Crippen molar-refractivity contribution in [2.24, 2.45) is 11.3 Å². The molecule has 1 heterocycles. The number of ether oxygens (including phenoxy) is 1. The lowest BCUT2D eigenvalue weighted by Gasteiger charge is -2.52. The van der Waals surface area contributed by atoms with Gasteiger partial charge >= 0.3 is 12.0 Å². The van der Waals surface area contributed by atoms with Crippen LogP contribution in [-0.4, -0.2) is 53.8 Å². The van der Waals surface area contributed by atoms with Crippen LogP contribution >= 0.6 is 0 Å². The van der Waals surface area contributed by atoms with Gasteiger partial charge in [-0.25, -0.2) is 4.79 Å². The number of hydrogen-bond donors (Lipinski definition) is 2. The van der Waals surface area contributed by atoms with E-state index in [1.165, 1.54) is 0 Å². The van der Waals surface area contributed by atoms with Crippen LogP contribution in [-0.2, 0) is 9.53 Å². The summed E-state index contributed by atoms with van der Waals surface area (Å²) >= 11 is 0. The molecule has 1 aliphatic heterocycles. The van der Waals surface area contributed by atoms with Crippen LogP contribution in [0.15, 0.2) is 0 Å². The minimum Gasteiger partial charge on any atom is -0.481 e. The quantitative estimate of drug-likeness (QED) is 0.735. The standard InChI is InChI=1S/C17H30N2O4/c1-4-5-10-23-14-11-13(17(14,2)3)18-16(22)19-8-6-12(7-9-19)15(20)21/h12-14H,4-11H2,1-3H3,(H,18,22)(H,20,21). The van der Waals surface area contributed by atoms with E-state index in [0.29, 0.717) is 25.9 Å². The molecule has 6 heteroatoms. The van der Waals surface area contributed by atoms with Crippen LogP contribution in [0.25, 0.3) is 0 Å². The lowest BCUT2D eigenvalue weighted by Crippen LogP contribution is -2.64. The van der Waals surface area contributed by atoms with Crippen LogP contribution in [0.5, 0.6) is 0 Å². The smallest absolute Gasteiger partial charge is 0.317 e. The van der Waals surface area contributed by atoms with Crippen molar-refractivity contribution in [1.82, 2.24) is 10.2 Å². The lowest BCUT2D eigenvalue weighted by molar-refractivity contribution is -0.143. The molecular formula is C17H30N2O4. The number of rotatable bonds is 6. The number of hydrogen-bond acceptors (Lipinski definition) is 3. The maximum atomic E-state index is 12.4. The van der Waals surface area contributed by atoms with Crippen molar-refractivity contribution in [2.75, 3.05) is 19.7 Å². The number of piperidine rings is 1. The molecular weight excluding hydrogens is 296 g/mol. The number of nitrogens with zero attached hydrogens (tertiary/aromatic N) is 1. The van der Waals surface area contributed by atoms with Gasteiger partial charge < -0.3 is 20.1 Å². The van der Waals surface area contributed by atoms with Crippen molar-refractivity contribution in [2.45, 2.75) is 65.0 Å². The Morgan fingerprint density at radius 1 is 1.30 bits per heavy atom. The van der Waals surface area contributed by atoms with Crippen LogP contribution in [0.3, 0.4) is 0 Å². The second-order valence-electron chi connectivity index (χ2n) is 7.37. The number of carbonyl (C=O) groups is 2. The molecule has 2 unspecified atom stereocenters. The highest BCUT2D eigenvalue weighted by Crippen LogP contribution is 2.43. The van der Waals surface area contributed by atoms with Gasteiger partial charge in [-0.05, 0) is 25.7 Å². The van der Waals surface area contributed by atoms with E-state index in [-0.39, 0.29) is 29.5 Å². The number of nitrogens with one attached hydrogen (secondary N) is 1. The molecule has 0 spiro atoms. The molecule has 0 aromatic carbocycles. The van der Waals surface area contributed by atoms with Gasteiger partial charge in [0.1, 0.15) is 0 Å². The zero-order valence-corrected chi connectivity index (χ0v) is 14.5. The molecule has 2 amide bonds. The minimum absolute atomic E-state index is 0.0528. The average Bonchev–Trinajstić information content (AvgIpc) is 2.53. The van der Waals surface area contributed by atoms with Crippen molar-refractivity contribution in [3.63, 3.8) is 0 Å². The first-order chi connectivity index (χ1) is 10.9. The topological polar surface area (TPSA) is 78.9 Å². The predicted molar refractivity (Wildman–Crippen MR) is 87.3 cm³/mol. The Morgan fingerprint density at radius 3 is 2.48 bits per heavy atom. The summed E-state index contributed by atoms with van der Waals surface area (Å²) in [5, 5.41) is 12.1. The Balaban J connectivity index is 1.75. The van der Waals surface area contributed by atoms with Gasteiger partial charge in [0.15, 0.2) is 0 Å². The monoisotopic (exact) mass is 326 g/mol. The summed E-state index contributed by atoms with van der Waals surface area (Å²) in [7, 11) is 0. The van der Waals surface area contributed by atoms with Crippen molar-refractivity contribution >= 4 is 12.0 Å². The van der Waals surface area contributed by atoms with Crippen LogP contribution < -0.4 is 5.32 Å². The molecule has 0 radical (unpaired) electrons. The number of urea groups is 1. The summed E-state index contributed by atoms with van der Waals surface area (Å²) in [6, 6.07) is 0.0535. The Hall–Kier alpha value is -1.30. The molecule has 1 saturated carbocycles. The highest BCUT2D eigenvalue weighted by atomic mass is 16.5. The summed E-state index contributed by atoms with van der Waals surface area (Å²) in [4.78, 5) is 25.1. The number of carboxylic acids is 1. The fraction of sp³-hybridized carbons (Fsp3) is 0.882. The fourth-order valence-corrected chi connectivity index (χ4v) is 3.35. The summed E-state index contributed by atoms with van der Waals surface area (Å²) < 4.78 is 5.90. The van der Waals surface area contributed by atoms with Crippen molar-refractivity contribution < 1.29 is 19.4 Å². The Kier molecular flexibility index (Phi) is 5.89. The predicted octanol–water partition coefficient (Wildman–Crippen LogP) is 2.48.